The SMILES string of the molecule is CCCn1c(=O)c2cc(C(=O)OCc3ccccc3)sc2n(C)c1=O. The zero-order chi connectivity index (χ0) is 18.0. The van der Waals surface area contributed by atoms with Crippen molar-refractivity contribution in [3.8, 4) is 0 Å². The number of fused-ring (bicyclic) bond motifs is 1. The predicted octanol–water partition coefficient (Wildman–Crippen LogP) is 2.53. The van der Waals surface area contributed by atoms with Crippen LogP contribution in [0.25, 0.3) is 10.2 Å². The van der Waals surface area contributed by atoms with E-state index in [1.807, 2.05) is 37.3 Å². The molecule has 0 radical (unpaired) electrons. The van der Waals surface area contributed by atoms with E-state index in [1.165, 1.54) is 15.2 Å². The lowest BCUT2D eigenvalue weighted by atomic mass is 10.2. The van der Waals surface area contributed by atoms with Crippen molar-refractivity contribution in [3.63, 3.8) is 0 Å². The molecular weight excluding hydrogens is 340 g/mol. The molecule has 0 atom stereocenters. The molecule has 2 aromatic heterocycles. The topological polar surface area (TPSA) is 70.3 Å². The number of carbonyl (C=O) groups excluding carboxylic acids is 1. The lowest BCUT2D eigenvalue weighted by Gasteiger charge is -2.06. The van der Waals surface area contributed by atoms with Crippen molar-refractivity contribution in [2.75, 3.05) is 0 Å². The number of esters is 1. The summed E-state index contributed by atoms with van der Waals surface area (Å²) >= 11 is 1.10. The van der Waals surface area contributed by atoms with Crippen LogP contribution in [0.3, 0.4) is 0 Å². The fourth-order valence-electron chi connectivity index (χ4n) is 2.60. The van der Waals surface area contributed by atoms with Crippen LogP contribution in [0.2, 0.25) is 0 Å². The Bertz CT molecular complexity index is 1030. The van der Waals surface area contributed by atoms with Gasteiger partial charge in [-0.25, -0.2) is 9.59 Å². The minimum atomic E-state index is -0.501. The van der Waals surface area contributed by atoms with E-state index in [1.54, 1.807) is 7.05 Å². The summed E-state index contributed by atoms with van der Waals surface area (Å²) in [5, 5.41) is 0.368. The summed E-state index contributed by atoms with van der Waals surface area (Å²) in [6.45, 7) is 2.41. The van der Waals surface area contributed by atoms with Crippen LogP contribution in [0.1, 0.15) is 28.6 Å². The molecule has 0 N–H and O–H groups in total. The molecule has 0 spiro atoms. The standard InChI is InChI=1S/C18H18N2O4S/c1-3-9-20-15(21)13-10-14(25-16(13)19(2)18(20)23)17(22)24-11-12-7-5-4-6-8-12/h4-8,10H,3,9,11H2,1-2H3. The van der Waals surface area contributed by atoms with Gasteiger partial charge in [-0.1, -0.05) is 37.3 Å². The van der Waals surface area contributed by atoms with Crippen molar-refractivity contribution in [3.05, 3.63) is 67.7 Å². The molecule has 6 nitrogen and oxygen atoms in total. The van der Waals surface area contributed by atoms with Gasteiger partial charge < -0.3 is 4.74 Å². The zero-order valence-corrected chi connectivity index (χ0v) is 14.8. The van der Waals surface area contributed by atoms with Gasteiger partial charge in [0, 0.05) is 13.6 Å². The van der Waals surface area contributed by atoms with E-state index in [-0.39, 0.29) is 17.9 Å². The van der Waals surface area contributed by atoms with Crippen LogP contribution in [-0.2, 0) is 24.9 Å². The van der Waals surface area contributed by atoms with E-state index in [0.717, 1.165) is 16.9 Å². The Balaban J connectivity index is 1.94. The average molecular weight is 358 g/mol. The smallest absolute Gasteiger partial charge is 0.348 e. The number of rotatable bonds is 5. The van der Waals surface area contributed by atoms with Gasteiger partial charge in [-0.2, -0.15) is 0 Å². The van der Waals surface area contributed by atoms with Crippen molar-refractivity contribution in [1.29, 1.82) is 0 Å². The van der Waals surface area contributed by atoms with E-state index in [0.29, 0.717) is 28.1 Å². The minimum absolute atomic E-state index is 0.160. The molecule has 3 rings (SSSR count). The van der Waals surface area contributed by atoms with Gasteiger partial charge in [0.1, 0.15) is 16.3 Å². The largest absolute Gasteiger partial charge is 0.457 e. The molecule has 2 heterocycles. The lowest BCUT2D eigenvalue weighted by Crippen LogP contribution is -2.38. The third kappa shape index (κ3) is 3.28. The van der Waals surface area contributed by atoms with Gasteiger partial charge in [0.2, 0.25) is 0 Å². The molecule has 3 aromatic rings. The Hall–Kier alpha value is -2.67. The number of hydrogen-bond acceptors (Lipinski definition) is 5. The number of ether oxygens (including phenoxy) is 1. The maximum absolute atomic E-state index is 12.5. The Kier molecular flexibility index (Phi) is 4.85. The predicted molar refractivity (Wildman–Crippen MR) is 97.2 cm³/mol. The summed E-state index contributed by atoms with van der Waals surface area (Å²) in [4.78, 5) is 37.9. The van der Waals surface area contributed by atoms with E-state index in [4.69, 9.17) is 4.74 Å². The summed E-state index contributed by atoms with van der Waals surface area (Å²) in [7, 11) is 1.60. The zero-order valence-electron chi connectivity index (χ0n) is 14.0. The lowest BCUT2D eigenvalue weighted by molar-refractivity contribution is 0.0478. The molecule has 0 bridgehead atoms. The first-order valence-electron chi connectivity index (χ1n) is 7.97. The van der Waals surface area contributed by atoms with Gasteiger partial charge in [-0.15, -0.1) is 11.3 Å². The highest BCUT2D eigenvalue weighted by Crippen LogP contribution is 2.22. The molecule has 0 saturated carbocycles. The monoisotopic (exact) mass is 358 g/mol. The number of hydrogen-bond donors (Lipinski definition) is 0. The summed E-state index contributed by atoms with van der Waals surface area (Å²) in [6.07, 6.45) is 0.677. The number of carbonyl (C=O) groups is 1. The van der Waals surface area contributed by atoms with Gasteiger partial charge in [-0.3, -0.25) is 13.9 Å². The Morgan fingerprint density at radius 1 is 1.20 bits per heavy atom. The molecule has 0 amide bonds. The highest BCUT2D eigenvalue weighted by Gasteiger charge is 2.18. The summed E-state index contributed by atoms with van der Waals surface area (Å²) in [5.74, 6) is -0.501. The number of aromatic nitrogens is 2. The van der Waals surface area contributed by atoms with Gasteiger partial charge in [0.05, 0.1) is 5.39 Å². The summed E-state index contributed by atoms with van der Waals surface area (Å²) in [6, 6.07) is 10.9. The average Bonchev–Trinajstić information content (AvgIpc) is 3.08. The van der Waals surface area contributed by atoms with Crippen molar-refractivity contribution in [2.24, 2.45) is 7.05 Å². The van der Waals surface area contributed by atoms with Crippen LogP contribution in [0.15, 0.2) is 46.0 Å². The maximum atomic E-state index is 12.5. The van der Waals surface area contributed by atoms with Crippen molar-refractivity contribution in [1.82, 2.24) is 9.13 Å². The maximum Gasteiger partial charge on any atom is 0.348 e. The Labute approximate surface area is 147 Å². The van der Waals surface area contributed by atoms with E-state index in [2.05, 4.69) is 0 Å². The number of nitrogens with zero attached hydrogens (tertiary/aromatic N) is 2. The van der Waals surface area contributed by atoms with Crippen LogP contribution in [-0.4, -0.2) is 15.1 Å². The molecule has 0 unspecified atom stereocenters. The van der Waals surface area contributed by atoms with Crippen LogP contribution in [0, 0.1) is 0 Å². The van der Waals surface area contributed by atoms with Gasteiger partial charge in [0.25, 0.3) is 5.56 Å². The molecule has 25 heavy (non-hydrogen) atoms. The van der Waals surface area contributed by atoms with Crippen LogP contribution in [0.4, 0.5) is 0 Å². The third-order valence-corrected chi connectivity index (χ3v) is 5.06. The first kappa shape index (κ1) is 17.2. The van der Waals surface area contributed by atoms with Crippen molar-refractivity contribution >= 4 is 27.5 Å². The van der Waals surface area contributed by atoms with Crippen LogP contribution < -0.4 is 11.2 Å². The first-order chi connectivity index (χ1) is 12.0. The van der Waals surface area contributed by atoms with Gasteiger partial charge >= 0.3 is 11.7 Å². The van der Waals surface area contributed by atoms with Crippen molar-refractivity contribution < 1.29 is 9.53 Å². The number of benzene rings is 1. The Morgan fingerprint density at radius 3 is 2.60 bits per heavy atom. The van der Waals surface area contributed by atoms with Crippen LogP contribution >= 0.6 is 11.3 Å². The second-order valence-corrected chi connectivity index (χ2v) is 6.72. The van der Waals surface area contributed by atoms with Crippen LogP contribution in [0.5, 0.6) is 0 Å². The highest BCUT2D eigenvalue weighted by atomic mass is 32.1. The highest BCUT2D eigenvalue weighted by molar-refractivity contribution is 7.20. The minimum Gasteiger partial charge on any atom is -0.457 e. The summed E-state index contributed by atoms with van der Waals surface area (Å²) in [5.41, 5.74) is 0.151. The molecule has 130 valence electrons. The van der Waals surface area contributed by atoms with Crippen molar-refractivity contribution in [2.45, 2.75) is 26.5 Å². The molecule has 0 aliphatic carbocycles. The second kappa shape index (κ2) is 7.06. The molecule has 0 fully saturated rings. The Morgan fingerprint density at radius 2 is 1.92 bits per heavy atom. The molecule has 0 saturated heterocycles. The summed E-state index contributed by atoms with van der Waals surface area (Å²) < 4.78 is 7.92. The normalized spacial score (nSPS) is 11.0. The molecule has 7 heteroatoms. The van der Waals surface area contributed by atoms with E-state index < -0.39 is 5.97 Å². The fraction of sp³-hybridized carbons (Fsp3) is 0.278. The fourth-order valence-corrected chi connectivity index (χ4v) is 3.60. The number of aryl methyl sites for hydroxylation is 1. The van der Waals surface area contributed by atoms with Gasteiger partial charge in [0.15, 0.2) is 0 Å². The molecular formula is C18H18N2O4S. The third-order valence-electron chi connectivity index (χ3n) is 3.87. The van der Waals surface area contributed by atoms with E-state index in [9.17, 15) is 14.4 Å². The first-order valence-corrected chi connectivity index (χ1v) is 8.79. The van der Waals surface area contributed by atoms with E-state index >= 15 is 0 Å². The molecule has 0 aliphatic rings. The molecule has 0 aliphatic heterocycles. The quantitative estimate of drug-likeness (QED) is 0.657. The molecule has 1 aromatic carbocycles. The number of thiophene rings is 1. The second-order valence-electron chi connectivity index (χ2n) is 5.69. The van der Waals surface area contributed by atoms with Gasteiger partial charge in [-0.05, 0) is 18.1 Å².